The molecule has 0 aliphatic carbocycles. The van der Waals surface area contributed by atoms with Crippen LogP contribution in [0.25, 0.3) is 0 Å². The lowest BCUT2D eigenvalue weighted by Gasteiger charge is -2.16. The van der Waals surface area contributed by atoms with Gasteiger partial charge in [0, 0.05) is 11.1 Å². The van der Waals surface area contributed by atoms with Crippen molar-refractivity contribution in [2.24, 2.45) is 0 Å². The van der Waals surface area contributed by atoms with Crippen molar-refractivity contribution in [2.45, 2.75) is 26.3 Å². The van der Waals surface area contributed by atoms with E-state index in [1.165, 1.54) is 18.5 Å². The van der Waals surface area contributed by atoms with Gasteiger partial charge in [0.25, 0.3) is 5.91 Å². The lowest BCUT2D eigenvalue weighted by atomic mass is 10.2. The molecule has 0 bridgehead atoms. The van der Waals surface area contributed by atoms with E-state index in [4.69, 9.17) is 28.9 Å². The Labute approximate surface area is 149 Å². The first-order valence-electron chi connectivity index (χ1n) is 7.30. The number of nitrogens with zero attached hydrogens (tertiary/aromatic N) is 2. The second-order valence-electron chi connectivity index (χ2n) is 5.14. The molecule has 2 rings (SSSR count). The molecule has 24 heavy (non-hydrogen) atoms. The Balaban J connectivity index is 2.09. The van der Waals surface area contributed by atoms with E-state index >= 15 is 0 Å². The molecule has 0 aliphatic rings. The number of carbonyl (C=O) groups excluding carboxylic acids is 1. The maximum Gasteiger partial charge on any atom is 0.271 e. The van der Waals surface area contributed by atoms with Crippen LogP contribution in [0.5, 0.6) is 0 Å². The van der Waals surface area contributed by atoms with Gasteiger partial charge in [-0.15, -0.1) is 0 Å². The Kier molecular flexibility index (Phi) is 6.05. The fraction of sp³-hybridized carbons (Fsp3) is 0.267. The number of hydrogen-bond donors (Lipinski definition) is 4. The van der Waals surface area contributed by atoms with Gasteiger partial charge in [-0.3, -0.25) is 15.6 Å². The molecule has 1 amide bonds. The lowest BCUT2D eigenvalue weighted by molar-refractivity contribution is 0.0962. The molecule has 0 saturated heterocycles. The van der Waals surface area contributed by atoms with Crippen molar-refractivity contribution in [2.75, 3.05) is 16.5 Å². The average Bonchev–Trinajstić information content (AvgIpc) is 2.55. The van der Waals surface area contributed by atoms with E-state index in [1.54, 1.807) is 6.07 Å². The third-order valence-electron chi connectivity index (χ3n) is 3.35. The average molecular weight is 369 g/mol. The number of carbonyl (C=O) groups is 1. The third-order valence-corrected chi connectivity index (χ3v) is 3.90. The number of benzene rings is 1. The van der Waals surface area contributed by atoms with Gasteiger partial charge < -0.3 is 11.1 Å². The molecular formula is C15H18Cl2N6O. The number of amides is 1. The summed E-state index contributed by atoms with van der Waals surface area (Å²) in [5.74, 6) is 0.348. The molecule has 7 nitrogen and oxygen atoms in total. The molecule has 0 saturated carbocycles. The Morgan fingerprint density at radius 1 is 1.29 bits per heavy atom. The normalized spacial score (nSPS) is 11.7. The lowest BCUT2D eigenvalue weighted by Crippen LogP contribution is -2.30. The van der Waals surface area contributed by atoms with E-state index in [9.17, 15) is 4.79 Å². The van der Waals surface area contributed by atoms with Crippen LogP contribution < -0.4 is 21.9 Å². The van der Waals surface area contributed by atoms with Crippen molar-refractivity contribution in [3.8, 4) is 0 Å². The minimum atomic E-state index is -0.439. The van der Waals surface area contributed by atoms with E-state index in [0.717, 1.165) is 6.42 Å². The molecular weight excluding hydrogens is 351 g/mol. The fourth-order valence-corrected chi connectivity index (χ4v) is 2.30. The molecule has 1 aromatic carbocycles. The SMILES string of the molecule is CCC(C)Nc1ncnc(NNC(=O)c2ccc(Cl)cc2Cl)c1N. The minimum Gasteiger partial charge on any atom is -0.393 e. The van der Waals surface area contributed by atoms with Crippen molar-refractivity contribution in [1.82, 2.24) is 15.4 Å². The van der Waals surface area contributed by atoms with Crippen LogP contribution in [0.15, 0.2) is 24.5 Å². The molecule has 0 fully saturated rings. The Morgan fingerprint density at radius 3 is 2.67 bits per heavy atom. The molecule has 0 aliphatic heterocycles. The number of nitrogen functional groups attached to an aromatic ring is 1. The smallest absolute Gasteiger partial charge is 0.271 e. The number of aromatic nitrogens is 2. The highest BCUT2D eigenvalue weighted by molar-refractivity contribution is 6.36. The van der Waals surface area contributed by atoms with Crippen molar-refractivity contribution in [1.29, 1.82) is 0 Å². The predicted octanol–water partition coefficient (Wildman–Crippen LogP) is 3.33. The molecule has 0 spiro atoms. The van der Waals surface area contributed by atoms with Crippen LogP contribution >= 0.6 is 23.2 Å². The van der Waals surface area contributed by atoms with Crippen molar-refractivity contribution >= 4 is 46.4 Å². The summed E-state index contributed by atoms with van der Waals surface area (Å²) in [6.07, 6.45) is 2.27. The van der Waals surface area contributed by atoms with Crippen LogP contribution in [0, 0.1) is 0 Å². The predicted molar refractivity (Wildman–Crippen MR) is 97.4 cm³/mol. The summed E-state index contributed by atoms with van der Waals surface area (Å²) in [6, 6.07) is 4.80. The summed E-state index contributed by atoms with van der Waals surface area (Å²) >= 11 is 11.8. The quantitative estimate of drug-likeness (QED) is 0.582. The first kappa shape index (κ1) is 18.1. The summed E-state index contributed by atoms with van der Waals surface area (Å²) in [7, 11) is 0. The van der Waals surface area contributed by atoms with Gasteiger partial charge >= 0.3 is 0 Å². The second-order valence-corrected chi connectivity index (χ2v) is 5.99. The van der Waals surface area contributed by atoms with Gasteiger partial charge in [0.1, 0.15) is 12.0 Å². The Hall–Kier alpha value is -2.25. The topological polar surface area (TPSA) is 105 Å². The standard InChI is InChI=1S/C15H18Cl2N6O/c1-3-8(2)21-13-12(18)14(20-7-19-13)22-23-15(24)10-5-4-9(16)6-11(10)17/h4-8H,3,18H2,1-2H3,(H,23,24)(H2,19,20,21,22). The molecule has 1 atom stereocenters. The Bertz CT molecular complexity index is 740. The summed E-state index contributed by atoms with van der Waals surface area (Å²) in [4.78, 5) is 20.3. The van der Waals surface area contributed by atoms with Gasteiger partial charge in [0.15, 0.2) is 11.6 Å². The number of anilines is 3. The van der Waals surface area contributed by atoms with E-state index < -0.39 is 5.91 Å². The molecule has 5 N–H and O–H groups in total. The van der Waals surface area contributed by atoms with E-state index in [0.29, 0.717) is 16.5 Å². The largest absolute Gasteiger partial charge is 0.393 e. The Morgan fingerprint density at radius 2 is 2.00 bits per heavy atom. The van der Waals surface area contributed by atoms with Crippen LogP contribution in [0.3, 0.4) is 0 Å². The van der Waals surface area contributed by atoms with Crippen LogP contribution in [0.1, 0.15) is 30.6 Å². The van der Waals surface area contributed by atoms with Gasteiger partial charge in [-0.05, 0) is 31.5 Å². The minimum absolute atomic E-state index is 0.206. The molecule has 1 heterocycles. The third kappa shape index (κ3) is 4.39. The highest BCUT2D eigenvalue weighted by atomic mass is 35.5. The number of hydrazine groups is 1. The summed E-state index contributed by atoms with van der Waals surface area (Å²) < 4.78 is 0. The molecule has 128 valence electrons. The number of nitrogens with one attached hydrogen (secondary N) is 3. The van der Waals surface area contributed by atoms with Crippen LogP contribution in [0.4, 0.5) is 17.3 Å². The highest BCUT2D eigenvalue weighted by Crippen LogP contribution is 2.23. The maximum atomic E-state index is 12.2. The zero-order valence-corrected chi connectivity index (χ0v) is 14.7. The number of halogens is 2. The van der Waals surface area contributed by atoms with Crippen molar-refractivity contribution < 1.29 is 4.79 Å². The van der Waals surface area contributed by atoms with E-state index in [2.05, 4.69) is 26.1 Å². The van der Waals surface area contributed by atoms with Crippen molar-refractivity contribution in [3.05, 3.63) is 40.1 Å². The van der Waals surface area contributed by atoms with E-state index in [1.807, 2.05) is 13.8 Å². The molecule has 1 aromatic heterocycles. The van der Waals surface area contributed by atoms with Gasteiger partial charge in [-0.2, -0.15) is 0 Å². The monoisotopic (exact) mass is 368 g/mol. The number of hydrogen-bond acceptors (Lipinski definition) is 6. The maximum absolute atomic E-state index is 12.2. The van der Waals surface area contributed by atoms with Gasteiger partial charge in [0.2, 0.25) is 0 Å². The van der Waals surface area contributed by atoms with Crippen LogP contribution in [0.2, 0.25) is 10.0 Å². The first-order chi connectivity index (χ1) is 11.4. The van der Waals surface area contributed by atoms with E-state index in [-0.39, 0.29) is 22.4 Å². The second kappa shape index (κ2) is 8.03. The molecule has 9 heteroatoms. The molecule has 2 aromatic rings. The molecule has 0 radical (unpaired) electrons. The summed E-state index contributed by atoms with van der Waals surface area (Å²) in [6.45, 7) is 4.06. The first-order valence-corrected chi connectivity index (χ1v) is 8.06. The van der Waals surface area contributed by atoms with Crippen molar-refractivity contribution in [3.63, 3.8) is 0 Å². The fourth-order valence-electron chi connectivity index (χ4n) is 1.80. The van der Waals surface area contributed by atoms with Crippen LogP contribution in [-0.4, -0.2) is 21.9 Å². The van der Waals surface area contributed by atoms with Gasteiger partial charge in [-0.1, -0.05) is 30.1 Å². The zero-order valence-electron chi connectivity index (χ0n) is 13.2. The highest BCUT2D eigenvalue weighted by Gasteiger charge is 2.13. The summed E-state index contributed by atoms with van der Waals surface area (Å²) in [5.41, 5.74) is 11.8. The molecule has 1 unspecified atom stereocenters. The number of nitrogens with two attached hydrogens (primary N) is 1. The zero-order chi connectivity index (χ0) is 17.7. The van der Waals surface area contributed by atoms with Gasteiger partial charge in [0.05, 0.1) is 10.6 Å². The summed E-state index contributed by atoms with van der Waals surface area (Å²) in [5, 5.41) is 3.87. The van der Waals surface area contributed by atoms with Crippen LogP contribution in [-0.2, 0) is 0 Å². The number of rotatable bonds is 6. The van der Waals surface area contributed by atoms with Gasteiger partial charge in [-0.25, -0.2) is 9.97 Å².